The maximum atomic E-state index is 4.44. The minimum Gasteiger partial charge on any atom is -0.353 e. The second-order valence-corrected chi connectivity index (χ2v) is 6.84. The molecule has 1 aromatic heterocycles. The summed E-state index contributed by atoms with van der Waals surface area (Å²) in [7, 11) is 0. The van der Waals surface area contributed by atoms with Gasteiger partial charge >= 0.3 is 0 Å². The number of rotatable bonds is 4. The average Bonchev–Trinajstić information content (AvgIpc) is 3.41. The molecule has 0 unspecified atom stereocenters. The van der Waals surface area contributed by atoms with Gasteiger partial charge in [0, 0.05) is 38.6 Å². The molecule has 1 saturated heterocycles. The second kappa shape index (κ2) is 6.28. The minimum absolute atomic E-state index is 0.683. The molecule has 1 saturated carbocycles. The number of piperazine rings is 1. The molecule has 2 heterocycles. The van der Waals surface area contributed by atoms with E-state index in [2.05, 4.69) is 63.3 Å². The standard InChI is InChI=1S/C19H24N4/c1-15-3-2-4-16(13-15)14-22-9-11-23(12-10-22)19-8-7-18(20-21-19)17-5-6-17/h2-4,7-8,13,17H,5-6,9-12,14H2,1H3. The van der Waals surface area contributed by atoms with Gasteiger partial charge in [-0.2, -0.15) is 5.10 Å². The number of nitrogens with zero attached hydrogens (tertiary/aromatic N) is 4. The monoisotopic (exact) mass is 308 g/mol. The summed E-state index contributed by atoms with van der Waals surface area (Å²) in [5.74, 6) is 1.72. The SMILES string of the molecule is Cc1cccc(CN2CCN(c3ccc(C4CC4)nn3)CC2)c1. The molecular formula is C19H24N4. The Bertz CT molecular complexity index is 655. The van der Waals surface area contributed by atoms with E-state index in [1.54, 1.807) is 0 Å². The van der Waals surface area contributed by atoms with E-state index in [-0.39, 0.29) is 0 Å². The molecule has 1 aliphatic carbocycles. The Hall–Kier alpha value is -1.94. The molecule has 2 aromatic rings. The molecule has 4 heteroatoms. The van der Waals surface area contributed by atoms with Crippen LogP contribution < -0.4 is 4.90 Å². The lowest BCUT2D eigenvalue weighted by atomic mass is 10.1. The van der Waals surface area contributed by atoms with Crippen LogP contribution in [0.5, 0.6) is 0 Å². The van der Waals surface area contributed by atoms with Crippen molar-refractivity contribution in [1.82, 2.24) is 15.1 Å². The highest BCUT2D eigenvalue weighted by atomic mass is 15.3. The predicted molar refractivity (Wildman–Crippen MR) is 92.7 cm³/mol. The summed E-state index contributed by atoms with van der Waals surface area (Å²) >= 11 is 0. The number of hydrogen-bond donors (Lipinski definition) is 0. The number of benzene rings is 1. The lowest BCUT2D eigenvalue weighted by Crippen LogP contribution is -2.46. The van der Waals surface area contributed by atoms with Crippen LogP contribution in [-0.4, -0.2) is 41.3 Å². The van der Waals surface area contributed by atoms with Gasteiger partial charge in [0.15, 0.2) is 5.82 Å². The third-order valence-electron chi connectivity index (χ3n) is 4.85. The van der Waals surface area contributed by atoms with Gasteiger partial charge in [0.2, 0.25) is 0 Å². The van der Waals surface area contributed by atoms with Crippen molar-refractivity contribution in [1.29, 1.82) is 0 Å². The molecule has 0 radical (unpaired) electrons. The van der Waals surface area contributed by atoms with Crippen molar-refractivity contribution in [2.75, 3.05) is 31.1 Å². The van der Waals surface area contributed by atoms with Crippen molar-refractivity contribution < 1.29 is 0 Å². The summed E-state index contributed by atoms with van der Waals surface area (Å²) in [6, 6.07) is 13.1. The summed E-state index contributed by atoms with van der Waals surface area (Å²) in [5, 5.41) is 8.85. The average molecular weight is 308 g/mol. The second-order valence-electron chi connectivity index (χ2n) is 6.84. The van der Waals surface area contributed by atoms with Crippen LogP contribution >= 0.6 is 0 Å². The van der Waals surface area contributed by atoms with Gasteiger partial charge < -0.3 is 4.90 Å². The minimum atomic E-state index is 0.683. The first-order chi connectivity index (χ1) is 11.3. The van der Waals surface area contributed by atoms with Crippen LogP contribution in [0, 0.1) is 6.92 Å². The van der Waals surface area contributed by atoms with Crippen molar-refractivity contribution in [2.24, 2.45) is 0 Å². The van der Waals surface area contributed by atoms with E-state index in [9.17, 15) is 0 Å². The molecule has 4 rings (SSSR count). The van der Waals surface area contributed by atoms with E-state index >= 15 is 0 Å². The molecule has 1 aliphatic heterocycles. The van der Waals surface area contributed by atoms with Crippen LogP contribution in [0.25, 0.3) is 0 Å². The molecule has 120 valence electrons. The summed E-state index contributed by atoms with van der Waals surface area (Å²) in [6.45, 7) is 7.43. The number of hydrogen-bond acceptors (Lipinski definition) is 4. The Morgan fingerprint density at radius 1 is 1.00 bits per heavy atom. The van der Waals surface area contributed by atoms with Crippen molar-refractivity contribution in [2.45, 2.75) is 32.2 Å². The molecule has 0 bridgehead atoms. The highest BCUT2D eigenvalue weighted by molar-refractivity contribution is 5.38. The molecule has 4 nitrogen and oxygen atoms in total. The molecule has 1 aromatic carbocycles. The third-order valence-corrected chi connectivity index (χ3v) is 4.85. The summed E-state index contributed by atoms with van der Waals surface area (Å²) < 4.78 is 0. The summed E-state index contributed by atoms with van der Waals surface area (Å²) in [5.41, 5.74) is 3.92. The fourth-order valence-corrected chi connectivity index (χ4v) is 3.30. The largest absolute Gasteiger partial charge is 0.353 e. The van der Waals surface area contributed by atoms with Gasteiger partial charge in [0.05, 0.1) is 5.69 Å². The predicted octanol–water partition coefficient (Wildman–Crippen LogP) is 2.98. The zero-order valence-corrected chi connectivity index (χ0v) is 13.8. The van der Waals surface area contributed by atoms with Crippen molar-refractivity contribution in [3.63, 3.8) is 0 Å². The van der Waals surface area contributed by atoms with Gasteiger partial charge in [0.1, 0.15) is 0 Å². The van der Waals surface area contributed by atoms with Gasteiger partial charge in [0.25, 0.3) is 0 Å². The Morgan fingerprint density at radius 3 is 2.48 bits per heavy atom. The van der Waals surface area contributed by atoms with E-state index in [1.165, 1.54) is 29.7 Å². The molecular weight excluding hydrogens is 284 g/mol. The van der Waals surface area contributed by atoms with Gasteiger partial charge in [-0.15, -0.1) is 5.10 Å². The van der Waals surface area contributed by atoms with Crippen LogP contribution in [0.4, 0.5) is 5.82 Å². The van der Waals surface area contributed by atoms with Gasteiger partial charge in [-0.05, 0) is 37.5 Å². The lowest BCUT2D eigenvalue weighted by molar-refractivity contribution is 0.249. The summed E-state index contributed by atoms with van der Waals surface area (Å²) in [4.78, 5) is 4.88. The zero-order valence-electron chi connectivity index (χ0n) is 13.8. The van der Waals surface area contributed by atoms with E-state index in [1.807, 2.05) is 0 Å². The molecule has 2 aliphatic rings. The van der Waals surface area contributed by atoms with Gasteiger partial charge in [-0.3, -0.25) is 4.90 Å². The molecule has 0 spiro atoms. The number of aromatic nitrogens is 2. The molecule has 0 amide bonds. The maximum Gasteiger partial charge on any atom is 0.151 e. The molecule has 23 heavy (non-hydrogen) atoms. The highest BCUT2D eigenvalue weighted by Gasteiger charge is 2.26. The molecule has 0 atom stereocenters. The number of anilines is 1. The van der Waals surface area contributed by atoms with E-state index in [0.717, 1.165) is 38.5 Å². The quantitative estimate of drug-likeness (QED) is 0.869. The highest BCUT2D eigenvalue weighted by Crippen LogP contribution is 2.38. The Balaban J connectivity index is 1.33. The Labute approximate surface area is 138 Å². The fraction of sp³-hybridized carbons (Fsp3) is 0.474. The maximum absolute atomic E-state index is 4.44. The normalized spacial score (nSPS) is 19.1. The van der Waals surface area contributed by atoms with Gasteiger partial charge in [-0.1, -0.05) is 29.8 Å². The smallest absolute Gasteiger partial charge is 0.151 e. The third kappa shape index (κ3) is 3.53. The first-order valence-corrected chi connectivity index (χ1v) is 8.64. The molecule has 2 fully saturated rings. The van der Waals surface area contributed by atoms with Crippen LogP contribution in [0.15, 0.2) is 36.4 Å². The van der Waals surface area contributed by atoms with Crippen LogP contribution in [-0.2, 0) is 6.54 Å². The Kier molecular flexibility index (Phi) is 4.00. The lowest BCUT2D eigenvalue weighted by Gasteiger charge is -2.35. The topological polar surface area (TPSA) is 32.3 Å². The fourth-order valence-electron chi connectivity index (χ4n) is 3.30. The van der Waals surface area contributed by atoms with Crippen molar-refractivity contribution in [3.8, 4) is 0 Å². The van der Waals surface area contributed by atoms with E-state index < -0.39 is 0 Å². The Morgan fingerprint density at radius 2 is 1.83 bits per heavy atom. The number of aryl methyl sites for hydroxylation is 1. The van der Waals surface area contributed by atoms with Crippen LogP contribution in [0.1, 0.15) is 35.6 Å². The van der Waals surface area contributed by atoms with Crippen LogP contribution in [0.3, 0.4) is 0 Å². The zero-order chi connectivity index (χ0) is 15.6. The molecule has 0 N–H and O–H groups in total. The first-order valence-electron chi connectivity index (χ1n) is 8.64. The van der Waals surface area contributed by atoms with Gasteiger partial charge in [-0.25, -0.2) is 0 Å². The first kappa shape index (κ1) is 14.6. The summed E-state index contributed by atoms with van der Waals surface area (Å²) in [6.07, 6.45) is 2.57. The van der Waals surface area contributed by atoms with Crippen molar-refractivity contribution >= 4 is 5.82 Å². The van der Waals surface area contributed by atoms with E-state index in [0.29, 0.717) is 5.92 Å². The van der Waals surface area contributed by atoms with E-state index in [4.69, 9.17) is 0 Å². The van der Waals surface area contributed by atoms with Crippen molar-refractivity contribution in [3.05, 3.63) is 53.2 Å². The van der Waals surface area contributed by atoms with Crippen LogP contribution in [0.2, 0.25) is 0 Å².